The van der Waals surface area contributed by atoms with Crippen LogP contribution in [-0.2, 0) is 9.53 Å². The van der Waals surface area contributed by atoms with E-state index >= 15 is 0 Å². The highest BCUT2D eigenvalue weighted by Gasteiger charge is 2.38. The van der Waals surface area contributed by atoms with Gasteiger partial charge in [0.05, 0.1) is 12.5 Å². The van der Waals surface area contributed by atoms with Crippen molar-refractivity contribution in [1.29, 1.82) is 0 Å². The van der Waals surface area contributed by atoms with Gasteiger partial charge < -0.3 is 10.1 Å². The van der Waals surface area contributed by atoms with Gasteiger partial charge >= 0.3 is 5.97 Å². The molecule has 0 bridgehead atoms. The number of hydrogen-bond donors (Lipinski definition) is 1. The minimum atomic E-state index is -0.621. The van der Waals surface area contributed by atoms with Gasteiger partial charge in [-0.05, 0) is 38.6 Å². The fourth-order valence-electron chi connectivity index (χ4n) is 2.01. The molecule has 0 amide bonds. The van der Waals surface area contributed by atoms with Crippen molar-refractivity contribution >= 4 is 21.9 Å². The zero-order valence-corrected chi connectivity index (χ0v) is 12.2. The average Bonchev–Trinajstić information content (AvgIpc) is 2.28. The Hall–Kier alpha value is -0.870. The smallest absolute Gasteiger partial charge is 0.313 e. The molecule has 94 valence electrons. The van der Waals surface area contributed by atoms with Gasteiger partial charge in [-0.2, -0.15) is 0 Å². The average molecular weight is 300 g/mol. The van der Waals surface area contributed by atoms with Crippen molar-refractivity contribution in [2.75, 3.05) is 14.2 Å². The monoisotopic (exact) mass is 299 g/mol. The number of nitrogens with one attached hydrogen (secondary N) is 1. The summed E-state index contributed by atoms with van der Waals surface area (Å²) in [5, 5.41) is 3.18. The maximum Gasteiger partial charge on any atom is 0.313 e. The minimum absolute atomic E-state index is 0.0903. The van der Waals surface area contributed by atoms with E-state index < -0.39 is 5.41 Å². The van der Waals surface area contributed by atoms with Crippen molar-refractivity contribution in [3.05, 3.63) is 34.3 Å². The number of halogens is 1. The summed E-state index contributed by atoms with van der Waals surface area (Å²) in [5.41, 5.74) is 0.432. The molecular weight excluding hydrogens is 282 g/mol. The van der Waals surface area contributed by atoms with Crippen LogP contribution in [0.2, 0.25) is 0 Å². The SMILES string of the molecule is CNC(c1cccc(Br)c1)C(C)(C)C(=O)OC. The van der Waals surface area contributed by atoms with E-state index in [9.17, 15) is 4.79 Å². The molecule has 0 heterocycles. The summed E-state index contributed by atoms with van der Waals surface area (Å²) in [5.74, 6) is -0.225. The Balaban J connectivity index is 3.11. The maximum atomic E-state index is 11.8. The Morgan fingerprint density at radius 2 is 2.12 bits per heavy atom. The molecule has 1 rings (SSSR count). The van der Waals surface area contributed by atoms with Crippen molar-refractivity contribution < 1.29 is 9.53 Å². The molecule has 1 aromatic carbocycles. The third-order valence-electron chi connectivity index (χ3n) is 2.90. The molecule has 1 atom stereocenters. The van der Waals surface area contributed by atoms with Gasteiger partial charge in [-0.15, -0.1) is 0 Å². The van der Waals surface area contributed by atoms with Gasteiger partial charge in [0.15, 0.2) is 0 Å². The van der Waals surface area contributed by atoms with Crippen LogP contribution in [0.1, 0.15) is 25.5 Å². The summed E-state index contributed by atoms with van der Waals surface area (Å²) in [7, 11) is 3.26. The number of carbonyl (C=O) groups excluding carboxylic acids is 1. The first-order chi connectivity index (χ1) is 7.93. The van der Waals surface area contributed by atoms with Crippen LogP contribution in [0.15, 0.2) is 28.7 Å². The molecule has 0 aliphatic heterocycles. The lowest BCUT2D eigenvalue weighted by Gasteiger charge is -2.31. The van der Waals surface area contributed by atoms with Crippen molar-refractivity contribution in [2.45, 2.75) is 19.9 Å². The number of rotatable bonds is 4. The highest BCUT2D eigenvalue weighted by Crippen LogP contribution is 2.35. The standard InChI is InChI=1S/C13H18BrNO2/c1-13(2,12(16)17-4)11(15-3)9-6-5-7-10(14)8-9/h5-8,11,15H,1-4H3. The first-order valence-electron chi connectivity index (χ1n) is 5.44. The Morgan fingerprint density at radius 1 is 1.47 bits per heavy atom. The van der Waals surface area contributed by atoms with Crippen LogP contribution in [0.25, 0.3) is 0 Å². The molecule has 0 saturated carbocycles. The number of methoxy groups -OCH3 is 1. The van der Waals surface area contributed by atoms with Crippen LogP contribution in [-0.4, -0.2) is 20.1 Å². The molecule has 0 radical (unpaired) electrons. The van der Waals surface area contributed by atoms with Gasteiger partial charge in [0.25, 0.3) is 0 Å². The first-order valence-corrected chi connectivity index (χ1v) is 6.24. The van der Waals surface area contributed by atoms with Crippen LogP contribution in [0, 0.1) is 5.41 Å². The van der Waals surface area contributed by atoms with E-state index in [4.69, 9.17) is 4.74 Å². The predicted octanol–water partition coefficient (Wildman–Crippen LogP) is 2.91. The normalized spacial score (nSPS) is 13.2. The number of benzene rings is 1. The summed E-state index contributed by atoms with van der Waals surface area (Å²) in [6, 6.07) is 7.83. The lowest BCUT2D eigenvalue weighted by molar-refractivity contribution is -0.152. The number of hydrogen-bond acceptors (Lipinski definition) is 3. The number of ether oxygens (including phenoxy) is 1. The van der Waals surface area contributed by atoms with E-state index in [1.54, 1.807) is 0 Å². The lowest BCUT2D eigenvalue weighted by atomic mass is 9.80. The number of carbonyl (C=O) groups is 1. The minimum Gasteiger partial charge on any atom is -0.469 e. The van der Waals surface area contributed by atoms with Crippen molar-refractivity contribution in [3.63, 3.8) is 0 Å². The molecule has 0 saturated heterocycles. The third kappa shape index (κ3) is 3.07. The zero-order chi connectivity index (χ0) is 13.1. The van der Waals surface area contributed by atoms with E-state index in [-0.39, 0.29) is 12.0 Å². The molecule has 4 heteroatoms. The molecule has 0 aromatic heterocycles. The van der Waals surface area contributed by atoms with Gasteiger partial charge in [-0.3, -0.25) is 4.79 Å². The summed E-state index contributed by atoms with van der Waals surface area (Å²) in [6.45, 7) is 3.75. The van der Waals surface area contributed by atoms with E-state index in [0.29, 0.717) is 0 Å². The van der Waals surface area contributed by atoms with Crippen molar-refractivity contribution in [2.24, 2.45) is 5.41 Å². The Morgan fingerprint density at radius 3 is 2.59 bits per heavy atom. The summed E-state index contributed by atoms with van der Waals surface area (Å²) in [4.78, 5) is 11.8. The van der Waals surface area contributed by atoms with Gasteiger partial charge in [0.2, 0.25) is 0 Å². The highest BCUT2D eigenvalue weighted by atomic mass is 79.9. The van der Waals surface area contributed by atoms with Crippen molar-refractivity contribution in [3.8, 4) is 0 Å². The van der Waals surface area contributed by atoms with Gasteiger partial charge in [0.1, 0.15) is 0 Å². The zero-order valence-electron chi connectivity index (χ0n) is 10.6. The number of esters is 1. The molecule has 0 spiro atoms. The van der Waals surface area contributed by atoms with E-state index in [2.05, 4.69) is 21.2 Å². The fraction of sp³-hybridized carbons (Fsp3) is 0.462. The summed E-state index contributed by atoms with van der Waals surface area (Å²) < 4.78 is 5.86. The highest BCUT2D eigenvalue weighted by molar-refractivity contribution is 9.10. The molecule has 1 N–H and O–H groups in total. The van der Waals surface area contributed by atoms with Gasteiger partial charge in [-0.25, -0.2) is 0 Å². The van der Waals surface area contributed by atoms with Crippen LogP contribution in [0.5, 0.6) is 0 Å². The molecule has 0 fully saturated rings. The molecular formula is C13H18BrNO2. The molecule has 3 nitrogen and oxygen atoms in total. The quantitative estimate of drug-likeness (QED) is 0.869. The largest absolute Gasteiger partial charge is 0.469 e. The maximum absolute atomic E-state index is 11.8. The topological polar surface area (TPSA) is 38.3 Å². The second kappa shape index (κ2) is 5.65. The first kappa shape index (κ1) is 14.2. The van der Waals surface area contributed by atoms with E-state index in [1.165, 1.54) is 7.11 Å². The summed E-state index contributed by atoms with van der Waals surface area (Å²) >= 11 is 3.44. The Kier molecular flexibility index (Phi) is 4.71. The predicted molar refractivity (Wildman–Crippen MR) is 71.7 cm³/mol. The van der Waals surface area contributed by atoms with Crippen LogP contribution in [0.4, 0.5) is 0 Å². The Bertz CT molecular complexity index is 404. The Labute approximate surface area is 111 Å². The van der Waals surface area contributed by atoms with Gasteiger partial charge in [-0.1, -0.05) is 28.1 Å². The van der Waals surface area contributed by atoms with Crippen molar-refractivity contribution in [1.82, 2.24) is 5.32 Å². The molecule has 0 aliphatic carbocycles. The third-order valence-corrected chi connectivity index (χ3v) is 3.40. The molecule has 0 aliphatic rings. The second-order valence-corrected chi connectivity index (χ2v) is 5.41. The van der Waals surface area contributed by atoms with Crippen LogP contribution >= 0.6 is 15.9 Å². The van der Waals surface area contributed by atoms with E-state index in [1.807, 2.05) is 45.2 Å². The summed E-state index contributed by atoms with van der Waals surface area (Å²) in [6.07, 6.45) is 0. The van der Waals surface area contributed by atoms with Crippen LogP contribution < -0.4 is 5.32 Å². The second-order valence-electron chi connectivity index (χ2n) is 4.49. The molecule has 17 heavy (non-hydrogen) atoms. The fourth-order valence-corrected chi connectivity index (χ4v) is 2.43. The van der Waals surface area contributed by atoms with E-state index in [0.717, 1.165) is 10.0 Å². The van der Waals surface area contributed by atoms with Crippen LogP contribution in [0.3, 0.4) is 0 Å². The molecule has 1 unspecified atom stereocenters. The molecule has 1 aromatic rings. The van der Waals surface area contributed by atoms with Gasteiger partial charge in [0, 0.05) is 10.5 Å². The lowest BCUT2D eigenvalue weighted by Crippen LogP contribution is -2.39.